The van der Waals surface area contributed by atoms with Crippen molar-refractivity contribution in [1.29, 1.82) is 0 Å². The molecule has 1 unspecified atom stereocenters. The van der Waals surface area contributed by atoms with Crippen LogP contribution >= 0.6 is 0 Å². The molecule has 7 nitrogen and oxygen atoms in total. The minimum Gasteiger partial charge on any atom is -0.504 e. The number of rotatable bonds is 7. The molecule has 0 amide bonds. The predicted octanol–water partition coefficient (Wildman–Crippen LogP) is 0.418. The van der Waals surface area contributed by atoms with E-state index in [0.29, 0.717) is 5.56 Å². The van der Waals surface area contributed by atoms with Gasteiger partial charge in [0.05, 0.1) is 13.5 Å². The van der Waals surface area contributed by atoms with Crippen LogP contribution in [-0.2, 0) is 16.1 Å². The molecule has 0 radical (unpaired) electrons. The van der Waals surface area contributed by atoms with E-state index in [4.69, 9.17) is 14.9 Å². The Hall–Kier alpha value is -2.28. The second-order valence-corrected chi connectivity index (χ2v) is 3.88. The lowest BCUT2D eigenvalue weighted by Crippen LogP contribution is -2.38. The first-order chi connectivity index (χ1) is 8.93. The van der Waals surface area contributed by atoms with Crippen molar-refractivity contribution in [3.8, 4) is 11.5 Å². The van der Waals surface area contributed by atoms with Crippen LogP contribution in [0.15, 0.2) is 18.2 Å². The molecule has 0 heterocycles. The molecule has 1 aromatic rings. The smallest absolute Gasteiger partial charge is 0.321 e. The fraction of sp³-hybridized carbons (Fsp3) is 0.333. The molecule has 19 heavy (non-hydrogen) atoms. The summed E-state index contributed by atoms with van der Waals surface area (Å²) >= 11 is 0. The normalized spacial score (nSPS) is 11.8. The van der Waals surface area contributed by atoms with Crippen LogP contribution in [0.3, 0.4) is 0 Å². The standard InChI is InChI=1S/C12H15NO6/c1-19-10-4-7(2-3-9(10)14)6-13-8(12(17)18)5-11(15)16/h2-4,8,13-14H,5-6H2,1H3,(H,15,16)(H,17,18). The first-order valence-electron chi connectivity index (χ1n) is 5.48. The Morgan fingerprint density at radius 1 is 1.37 bits per heavy atom. The van der Waals surface area contributed by atoms with E-state index < -0.39 is 24.4 Å². The number of ether oxygens (including phenoxy) is 1. The Kier molecular flexibility index (Phi) is 5.13. The van der Waals surface area contributed by atoms with Crippen LogP contribution in [0.5, 0.6) is 11.5 Å². The van der Waals surface area contributed by atoms with E-state index in [-0.39, 0.29) is 18.0 Å². The van der Waals surface area contributed by atoms with E-state index in [0.717, 1.165) is 0 Å². The number of benzene rings is 1. The van der Waals surface area contributed by atoms with E-state index in [1.165, 1.54) is 13.2 Å². The van der Waals surface area contributed by atoms with Gasteiger partial charge in [-0.05, 0) is 17.7 Å². The van der Waals surface area contributed by atoms with Crippen LogP contribution in [0.2, 0.25) is 0 Å². The summed E-state index contributed by atoms with van der Waals surface area (Å²) in [6.45, 7) is 0.154. The van der Waals surface area contributed by atoms with Gasteiger partial charge >= 0.3 is 11.9 Å². The molecule has 0 spiro atoms. The van der Waals surface area contributed by atoms with Gasteiger partial charge < -0.3 is 20.1 Å². The van der Waals surface area contributed by atoms with Crippen molar-refractivity contribution in [3.05, 3.63) is 23.8 Å². The lowest BCUT2D eigenvalue weighted by Gasteiger charge is -2.13. The molecule has 0 saturated heterocycles. The molecule has 1 aromatic carbocycles. The summed E-state index contributed by atoms with van der Waals surface area (Å²) < 4.78 is 4.92. The number of carboxylic acid groups (broad SMARTS) is 2. The average molecular weight is 269 g/mol. The van der Waals surface area contributed by atoms with E-state index in [1.54, 1.807) is 12.1 Å². The number of phenols is 1. The van der Waals surface area contributed by atoms with Crippen molar-refractivity contribution < 1.29 is 29.6 Å². The van der Waals surface area contributed by atoms with Crippen molar-refractivity contribution in [2.24, 2.45) is 0 Å². The van der Waals surface area contributed by atoms with Gasteiger partial charge in [-0.1, -0.05) is 6.07 Å². The molecule has 0 saturated carbocycles. The number of aromatic hydroxyl groups is 1. The minimum absolute atomic E-state index is 0.0217. The van der Waals surface area contributed by atoms with E-state index in [2.05, 4.69) is 5.32 Å². The molecule has 0 bridgehead atoms. The summed E-state index contributed by atoms with van der Waals surface area (Å²) in [6, 6.07) is 3.38. The zero-order valence-electron chi connectivity index (χ0n) is 10.3. The Labute approximate surface area is 109 Å². The van der Waals surface area contributed by atoms with Crippen LogP contribution in [-0.4, -0.2) is 40.4 Å². The summed E-state index contributed by atoms with van der Waals surface area (Å²) in [5.41, 5.74) is 0.672. The first kappa shape index (κ1) is 14.8. The summed E-state index contributed by atoms with van der Waals surface area (Å²) in [7, 11) is 1.40. The average Bonchev–Trinajstić information content (AvgIpc) is 2.35. The number of hydrogen-bond acceptors (Lipinski definition) is 5. The highest BCUT2D eigenvalue weighted by atomic mass is 16.5. The van der Waals surface area contributed by atoms with Crippen molar-refractivity contribution in [1.82, 2.24) is 5.32 Å². The van der Waals surface area contributed by atoms with Gasteiger partial charge in [-0.3, -0.25) is 14.9 Å². The van der Waals surface area contributed by atoms with Crippen molar-refractivity contribution in [3.63, 3.8) is 0 Å². The summed E-state index contributed by atoms with van der Waals surface area (Å²) in [5.74, 6) is -2.17. The molecule has 7 heteroatoms. The van der Waals surface area contributed by atoms with E-state index in [9.17, 15) is 14.7 Å². The third kappa shape index (κ3) is 4.47. The molecule has 0 fully saturated rings. The van der Waals surface area contributed by atoms with Gasteiger partial charge in [0.2, 0.25) is 0 Å². The molecule has 1 rings (SSSR count). The Morgan fingerprint density at radius 2 is 2.05 bits per heavy atom. The summed E-state index contributed by atoms with van der Waals surface area (Å²) in [4.78, 5) is 21.4. The molecule has 4 N–H and O–H groups in total. The van der Waals surface area contributed by atoms with Gasteiger partial charge in [0.25, 0.3) is 0 Å². The SMILES string of the molecule is COc1cc(CNC(CC(=O)O)C(=O)O)ccc1O. The maximum atomic E-state index is 10.8. The highest BCUT2D eigenvalue weighted by Crippen LogP contribution is 2.26. The van der Waals surface area contributed by atoms with Gasteiger partial charge in [-0.2, -0.15) is 0 Å². The molecule has 0 aromatic heterocycles. The first-order valence-corrected chi connectivity index (χ1v) is 5.48. The molecular weight excluding hydrogens is 254 g/mol. The molecule has 1 atom stereocenters. The largest absolute Gasteiger partial charge is 0.504 e. The van der Waals surface area contributed by atoms with Crippen LogP contribution in [0.1, 0.15) is 12.0 Å². The Morgan fingerprint density at radius 3 is 2.58 bits per heavy atom. The van der Waals surface area contributed by atoms with Crippen LogP contribution in [0, 0.1) is 0 Å². The monoisotopic (exact) mass is 269 g/mol. The van der Waals surface area contributed by atoms with Gasteiger partial charge in [0.1, 0.15) is 6.04 Å². The third-order valence-electron chi connectivity index (χ3n) is 2.47. The highest BCUT2D eigenvalue weighted by molar-refractivity contribution is 5.80. The maximum absolute atomic E-state index is 10.8. The zero-order valence-corrected chi connectivity index (χ0v) is 10.3. The third-order valence-corrected chi connectivity index (χ3v) is 2.47. The fourth-order valence-electron chi connectivity index (χ4n) is 1.49. The minimum atomic E-state index is -1.23. The van der Waals surface area contributed by atoms with Crippen LogP contribution < -0.4 is 10.1 Å². The number of carboxylic acids is 2. The number of methoxy groups -OCH3 is 1. The number of phenolic OH excluding ortho intramolecular Hbond substituents is 1. The molecule has 0 aliphatic rings. The Bertz CT molecular complexity index is 473. The maximum Gasteiger partial charge on any atom is 0.321 e. The number of nitrogens with one attached hydrogen (secondary N) is 1. The van der Waals surface area contributed by atoms with Crippen LogP contribution in [0.25, 0.3) is 0 Å². The van der Waals surface area contributed by atoms with Crippen LogP contribution in [0.4, 0.5) is 0 Å². The quantitative estimate of drug-likeness (QED) is 0.566. The molecule has 0 aliphatic heterocycles. The number of aliphatic carboxylic acids is 2. The topological polar surface area (TPSA) is 116 Å². The van der Waals surface area contributed by atoms with Gasteiger partial charge in [-0.15, -0.1) is 0 Å². The Balaban J connectivity index is 2.68. The highest BCUT2D eigenvalue weighted by Gasteiger charge is 2.20. The van der Waals surface area contributed by atoms with Crippen molar-refractivity contribution in [2.45, 2.75) is 19.0 Å². The number of hydrogen-bond donors (Lipinski definition) is 4. The fourth-order valence-corrected chi connectivity index (χ4v) is 1.49. The molecular formula is C12H15NO6. The summed E-state index contributed by atoms with van der Waals surface area (Å²) in [6.07, 6.45) is -0.509. The van der Waals surface area contributed by atoms with E-state index >= 15 is 0 Å². The van der Waals surface area contributed by atoms with Gasteiger partial charge in [0.15, 0.2) is 11.5 Å². The predicted molar refractivity (Wildman–Crippen MR) is 65.2 cm³/mol. The molecule has 104 valence electrons. The van der Waals surface area contributed by atoms with Gasteiger partial charge in [-0.25, -0.2) is 0 Å². The molecule has 0 aliphatic carbocycles. The van der Waals surface area contributed by atoms with Gasteiger partial charge in [0, 0.05) is 6.54 Å². The number of carbonyl (C=O) groups is 2. The van der Waals surface area contributed by atoms with Crippen molar-refractivity contribution in [2.75, 3.05) is 7.11 Å². The van der Waals surface area contributed by atoms with E-state index in [1.807, 2.05) is 0 Å². The summed E-state index contributed by atoms with van der Waals surface area (Å²) in [5, 5.41) is 29.5. The second-order valence-electron chi connectivity index (χ2n) is 3.88. The zero-order chi connectivity index (χ0) is 14.4. The lowest BCUT2D eigenvalue weighted by atomic mass is 10.1. The van der Waals surface area contributed by atoms with Crippen molar-refractivity contribution >= 4 is 11.9 Å². The second kappa shape index (κ2) is 6.60. The lowest BCUT2D eigenvalue weighted by molar-refractivity contribution is -0.146.